The molecule has 2 amide bonds. The van der Waals surface area contributed by atoms with Crippen LogP contribution in [0.2, 0.25) is 0 Å². The largest absolute Gasteiger partial charge is 0.447 e. The van der Waals surface area contributed by atoms with Gasteiger partial charge in [0.2, 0.25) is 5.91 Å². The van der Waals surface area contributed by atoms with Crippen LogP contribution in [-0.2, 0) is 16.0 Å². The summed E-state index contributed by atoms with van der Waals surface area (Å²) in [6, 6.07) is 5.72. The van der Waals surface area contributed by atoms with E-state index in [2.05, 4.69) is 0 Å². The van der Waals surface area contributed by atoms with E-state index in [9.17, 15) is 14.0 Å². The average Bonchev–Trinajstić information content (AvgIpc) is 2.72. The molecule has 5 heteroatoms. The lowest BCUT2D eigenvalue weighted by Gasteiger charge is -2.18. The molecule has 0 N–H and O–H groups in total. The maximum atomic E-state index is 12.8. The van der Waals surface area contributed by atoms with E-state index in [1.165, 1.54) is 12.1 Å². The number of amides is 2. The Labute approximate surface area is 104 Å². The Kier molecular flexibility index (Phi) is 3.60. The van der Waals surface area contributed by atoms with Crippen molar-refractivity contribution in [3.8, 4) is 0 Å². The van der Waals surface area contributed by atoms with Gasteiger partial charge in [0.1, 0.15) is 12.4 Å². The number of halogens is 1. The highest BCUT2D eigenvalue weighted by Gasteiger charge is 2.36. The molecule has 1 atom stereocenters. The second kappa shape index (κ2) is 5.16. The summed E-state index contributed by atoms with van der Waals surface area (Å²) in [5.74, 6) is -0.552. The Bertz CT molecular complexity index is 458. The molecular weight excluding hydrogens is 237 g/mol. The van der Waals surface area contributed by atoms with Crippen molar-refractivity contribution in [1.82, 2.24) is 4.90 Å². The first-order valence-corrected chi connectivity index (χ1v) is 5.85. The Morgan fingerprint density at radius 3 is 2.72 bits per heavy atom. The molecular formula is C13H14FNO3. The van der Waals surface area contributed by atoms with Crippen LogP contribution in [0, 0.1) is 5.82 Å². The standard InChI is InChI=1S/C13H14FNO3/c1-2-12(16)15-11(8-18-13(15)17)7-9-3-5-10(14)6-4-9/h3-6,11H,2,7-8H2,1H3/t11-/m1/s1. The lowest BCUT2D eigenvalue weighted by atomic mass is 10.1. The molecule has 0 spiro atoms. The predicted molar refractivity (Wildman–Crippen MR) is 62.4 cm³/mol. The number of benzene rings is 1. The van der Waals surface area contributed by atoms with Gasteiger partial charge in [0.15, 0.2) is 0 Å². The number of ether oxygens (including phenoxy) is 1. The summed E-state index contributed by atoms with van der Waals surface area (Å²) in [6.07, 6.45) is 0.154. The fourth-order valence-corrected chi connectivity index (χ4v) is 1.98. The van der Waals surface area contributed by atoms with Gasteiger partial charge in [0.05, 0.1) is 6.04 Å². The molecule has 0 radical (unpaired) electrons. The summed E-state index contributed by atoms with van der Waals surface area (Å²) >= 11 is 0. The molecule has 1 aromatic rings. The minimum absolute atomic E-state index is 0.196. The van der Waals surface area contributed by atoms with Crippen molar-refractivity contribution < 1.29 is 18.7 Å². The molecule has 0 aromatic heterocycles. The third kappa shape index (κ3) is 2.50. The highest BCUT2D eigenvalue weighted by molar-refractivity contribution is 5.93. The van der Waals surface area contributed by atoms with Crippen molar-refractivity contribution in [2.24, 2.45) is 0 Å². The molecule has 1 aliphatic rings. The molecule has 0 aliphatic carbocycles. The topological polar surface area (TPSA) is 46.6 Å². The van der Waals surface area contributed by atoms with Crippen LogP contribution in [0.15, 0.2) is 24.3 Å². The highest BCUT2D eigenvalue weighted by Crippen LogP contribution is 2.18. The van der Waals surface area contributed by atoms with Gasteiger partial charge < -0.3 is 4.74 Å². The Morgan fingerprint density at radius 1 is 1.44 bits per heavy atom. The predicted octanol–water partition coefficient (Wildman–Crippen LogP) is 2.13. The molecule has 4 nitrogen and oxygen atoms in total. The highest BCUT2D eigenvalue weighted by atomic mass is 19.1. The van der Waals surface area contributed by atoms with Crippen LogP contribution in [0.1, 0.15) is 18.9 Å². The van der Waals surface area contributed by atoms with Crippen LogP contribution in [-0.4, -0.2) is 29.5 Å². The number of carbonyl (C=O) groups is 2. The summed E-state index contributed by atoms with van der Waals surface area (Å²) < 4.78 is 17.7. The van der Waals surface area contributed by atoms with E-state index in [-0.39, 0.29) is 30.8 Å². The summed E-state index contributed by atoms with van der Waals surface area (Å²) in [4.78, 5) is 24.3. The van der Waals surface area contributed by atoms with Crippen LogP contribution in [0.25, 0.3) is 0 Å². The van der Waals surface area contributed by atoms with E-state index in [4.69, 9.17) is 4.74 Å². The van der Waals surface area contributed by atoms with Crippen molar-refractivity contribution in [3.63, 3.8) is 0 Å². The normalized spacial score (nSPS) is 18.9. The molecule has 1 heterocycles. The summed E-state index contributed by atoms with van der Waals surface area (Å²) in [5.41, 5.74) is 0.869. The van der Waals surface area contributed by atoms with E-state index in [1.807, 2.05) is 0 Å². The van der Waals surface area contributed by atoms with Gasteiger partial charge in [-0.2, -0.15) is 0 Å². The monoisotopic (exact) mass is 251 g/mol. The summed E-state index contributed by atoms with van der Waals surface area (Å²) in [7, 11) is 0. The molecule has 18 heavy (non-hydrogen) atoms. The quantitative estimate of drug-likeness (QED) is 0.826. The molecule has 1 saturated heterocycles. The number of hydrogen-bond acceptors (Lipinski definition) is 3. The molecule has 0 unspecified atom stereocenters. The van der Waals surface area contributed by atoms with E-state index < -0.39 is 6.09 Å². The molecule has 0 bridgehead atoms. The van der Waals surface area contributed by atoms with Gasteiger partial charge in [-0.15, -0.1) is 0 Å². The fourth-order valence-electron chi connectivity index (χ4n) is 1.98. The number of nitrogens with zero attached hydrogens (tertiary/aromatic N) is 1. The van der Waals surface area contributed by atoms with Crippen molar-refractivity contribution in [2.75, 3.05) is 6.61 Å². The maximum absolute atomic E-state index is 12.8. The Hall–Kier alpha value is -1.91. The minimum atomic E-state index is -0.589. The average molecular weight is 251 g/mol. The number of carbonyl (C=O) groups excluding carboxylic acids is 2. The van der Waals surface area contributed by atoms with Gasteiger partial charge in [0, 0.05) is 6.42 Å². The van der Waals surface area contributed by atoms with Gasteiger partial charge in [-0.1, -0.05) is 19.1 Å². The molecule has 1 aromatic carbocycles. The first kappa shape index (κ1) is 12.5. The van der Waals surface area contributed by atoms with Crippen molar-refractivity contribution in [1.29, 1.82) is 0 Å². The first-order valence-electron chi connectivity index (χ1n) is 5.85. The van der Waals surface area contributed by atoms with Crippen LogP contribution in [0.4, 0.5) is 9.18 Å². The van der Waals surface area contributed by atoms with Crippen molar-refractivity contribution in [2.45, 2.75) is 25.8 Å². The molecule has 1 fully saturated rings. The smallest absolute Gasteiger partial charge is 0.416 e. The molecule has 96 valence electrons. The van der Waals surface area contributed by atoms with Crippen LogP contribution >= 0.6 is 0 Å². The Morgan fingerprint density at radius 2 is 2.11 bits per heavy atom. The number of rotatable bonds is 3. The van der Waals surface area contributed by atoms with Crippen LogP contribution < -0.4 is 0 Å². The molecule has 2 rings (SSSR count). The maximum Gasteiger partial charge on any atom is 0.416 e. The van der Waals surface area contributed by atoms with Crippen LogP contribution in [0.3, 0.4) is 0 Å². The van der Waals surface area contributed by atoms with Gasteiger partial charge in [-0.3, -0.25) is 4.79 Å². The lowest BCUT2D eigenvalue weighted by Crippen LogP contribution is -2.39. The first-order chi connectivity index (χ1) is 8.61. The second-order valence-electron chi connectivity index (χ2n) is 4.18. The second-order valence-corrected chi connectivity index (χ2v) is 4.18. The Balaban J connectivity index is 2.10. The molecule has 1 aliphatic heterocycles. The zero-order chi connectivity index (χ0) is 13.1. The number of imide groups is 1. The zero-order valence-corrected chi connectivity index (χ0v) is 10.1. The summed E-state index contributed by atoms with van der Waals surface area (Å²) in [6.45, 7) is 1.89. The SMILES string of the molecule is CCC(=O)N1C(=O)OC[C@H]1Cc1ccc(F)cc1. The summed E-state index contributed by atoms with van der Waals surface area (Å²) in [5, 5.41) is 0. The fraction of sp³-hybridized carbons (Fsp3) is 0.385. The number of hydrogen-bond donors (Lipinski definition) is 0. The molecule has 0 saturated carbocycles. The van der Waals surface area contributed by atoms with E-state index in [0.717, 1.165) is 10.5 Å². The lowest BCUT2D eigenvalue weighted by molar-refractivity contribution is -0.128. The number of cyclic esters (lactones) is 1. The van der Waals surface area contributed by atoms with Gasteiger partial charge >= 0.3 is 6.09 Å². The van der Waals surface area contributed by atoms with Gasteiger partial charge in [-0.05, 0) is 24.1 Å². The van der Waals surface area contributed by atoms with E-state index in [1.54, 1.807) is 19.1 Å². The zero-order valence-electron chi connectivity index (χ0n) is 10.1. The van der Waals surface area contributed by atoms with E-state index in [0.29, 0.717) is 6.42 Å². The third-order valence-corrected chi connectivity index (χ3v) is 2.92. The minimum Gasteiger partial charge on any atom is -0.447 e. The van der Waals surface area contributed by atoms with Crippen LogP contribution in [0.5, 0.6) is 0 Å². The van der Waals surface area contributed by atoms with Gasteiger partial charge in [-0.25, -0.2) is 14.1 Å². The van der Waals surface area contributed by atoms with Gasteiger partial charge in [0.25, 0.3) is 0 Å². The third-order valence-electron chi connectivity index (χ3n) is 2.92. The van der Waals surface area contributed by atoms with Crippen molar-refractivity contribution >= 4 is 12.0 Å². The van der Waals surface area contributed by atoms with Crippen molar-refractivity contribution in [3.05, 3.63) is 35.6 Å². The van der Waals surface area contributed by atoms with E-state index >= 15 is 0 Å².